The minimum atomic E-state index is -0.182. The van der Waals surface area contributed by atoms with Gasteiger partial charge in [-0.2, -0.15) is 0 Å². The van der Waals surface area contributed by atoms with E-state index in [0.717, 1.165) is 29.9 Å². The highest BCUT2D eigenvalue weighted by Gasteiger charge is 2.23. The van der Waals surface area contributed by atoms with Crippen LogP contribution in [-0.4, -0.2) is 44.2 Å². The molecule has 1 saturated carbocycles. The van der Waals surface area contributed by atoms with Gasteiger partial charge in [-0.15, -0.1) is 0 Å². The van der Waals surface area contributed by atoms with Crippen LogP contribution in [0.2, 0.25) is 0 Å². The SMILES string of the molecule is COc1ccc(CN(C)[C@@H](C)C(=O)NC2CCCCC2)c(OC)c1. The van der Waals surface area contributed by atoms with Crippen molar-refractivity contribution < 1.29 is 14.3 Å². The fourth-order valence-electron chi connectivity index (χ4n) is 3.16. The van der Waals surface area contributed by atoms with E-state index in [0.29, 0.717) is 12.6 Å². The highest BCUT2D eigenvalue weighted by molar-refractivity contribution is 5.81. The Morgan fingerprint density at radius 2 is 1.96 bits per heavy atom. The summed E-state index contributed by atoms with van der Waals surface area (Å²) in [5, 5.41) is 3.20. The number of hydrogen-bond acceptors (Lipinski definition) is 4. The van der Waals surface area contributed by atoms with Crippen LogP contribution < -0.4 is 14.8 Å². The summed E-state index contributed by atoms with van der Waals surface area (Å²) in [5.74, 6) is 1.65. The van der Waals surface area contributed by atoms with Gasteiger partial charge in [-0.25, -0.2) is 0 Å². The molecule has 2 rings (SSSR count). The molecule has 0 heterocycles. The maximum absolute atomic E-state index is 12.5. The van der Waals surface area contributed by atoms with Gasteiger partial charge in [-0.1, -0.05) is 25.3 Å². The summed E-state index contributed by atoms with van der Waals surface area (Å²) in [7, 11) is 5.25. The van der Waals surface area contributed by atoms with Crippen LogP contribution in [0.5, 0.6) is 11.5 Å². The number of hydrogen-bond donors (Lipinski definition) is 1. The molecule has 1 fully saturated rings. The molecule has 1 N–H and O–H groups in total. The first kappa shape index (κ1) is 18.6. The first-order chi connectivity index (χ1) is 11.5. The Labute approximate surface area is 145 Å². The number of carbonyl (C=O) groups excluding carboxylic acids is 1. The topological polar surface area (TPSA) is 50.8 Å². The Balaban J connectivity index is 1.95. The van der Waals surface area contributed by atoms with Crippen molar-refractivity contribution in [2.45, 2.75) is 57.7 Å². The average molecular weight is 334 g/mol. The maximum Gasteiger partial charge on any atom is 0.237 e. The second kappa shape index (κ2) is 8.92. The van der Waals surface area contributed by atoms with Gasteiger partial charge >= 0.3 is 0 Å². The van der Waals surface area contributed by atoms with Crippen LogP contribution in [0, 0.1) is 0 Å². The molecule has 5 heteroatoms. The Morgan fingerprint density at radius 1 is 1.25 bits per heavy atom. The standard InChI is InChI=1S/C19H30N2O3/c1-14(19(22)20-16-8-6-5-7-9-16)21(2)13-15-10-11-17(23-3)12-18(15)24-4/h10-12,14,16H,5-9,13H2,1-4H3,(H,20,22)/t14-/m0/s1. The van der Waals surface area contributed by atoms with Gasteiger partial charge in [-0.3, -0.25) is 9.69 Å². The quantitative estimate of drug-likeness (QED) is 0.833. The van der Waals surface area contributed by atoms with Crippen LogP contribution >= 0.6 is 0 Å². The van der Waals surface area contributed by atoms with E-state index in [4.69, 9.17) is 9.47 Å². The Morgan fingerprint density at radius 3 is 2.58 bits per heavy atom. The molecule has 1 aliphatic carbocycles. The lowest BCUT2D eigenvalue weighted by Gasteiger charge is -2.28. The number of carbonyl (C=O) groups is 1. The van der Waals surface area contributed by atoms with Crippen molar-refractivity contribution in [3.8, 4) is 11.5 Å². The third kappa shape index (κ3) is 4.87. The molecule has 24 heavy (non-hydrogen) atoms. The van der Waals surface area contributed by atoms with E-state index in [2.05, 4.69) is 5.32 Å². The summed E-state index contributed by atoms with van der Waals surface area (Å²) < 4.78 is 10.7. The molecule has 0 bridgehead atoms. The van der Waals surface area contributed by atoms with Gasteiger partial charge in [0.1, 0.15) is 11.5 Å². The van der Waals surface area contributed by atoms with Crippen molar-refractivity contribution in [3.05, 3.63) is 23.8 Å². The molecule has 0 saturated heterocycles. The predicted molar refractivity (Wildman–Crippen MR) is 95.5 cm³/mol. The monoisotopic (exact) mass is 334 g/mol. The van der Waals surface area contributed by atoms with E-state index >= 15 is 0 Å². The fraction of sp³-hybridized carbons (Fsp3) is 0.632. The molecule has 5 nitrogen and oxygen atoms in total. The van der Waals surface area contributed by atoms with E-state index < -0.39 is 0 Å². The van der Waals surface area contributed by atoms with Crippen LogP contribution in [0.4, 0.5) is 0 Å². The van der Waals surface area contributed by atoms with E-state index in [1.165, 1.54) is 19.3 Å². The third-order valence-electron chi connectivity index (χ3n) is 4.91. The van der Waals surface area contributed by atoms with E-state index in [9.17, 15) is 4.79 Å². The van der Waals surface area contributed by atoms with Crippen LogP contribution in [-0.2, 0) is 11.3 Å². The number of nitrogens with zero attached hydrogens (tertiary/aromatic N) is 1. The van der Waals surface area contributed by atoms with Gasteiger partial charge < -0.3 is 14.8 Å². The minimum absolute atomic E-state index is 0.108. The van der Waals surface area contributed by atoms with Gasteiger partial charge in [0.25, 0.3) is 0 Å². The number of nitrogens with one attached hydrogen (secondary N) is 1. The van der Waals surface area contributed by atoms with Gasteiger partial charge in [0.15, 0.2) is 0 Å². The number of benzene rings is 1. The second-order valence-corrected chi connectivity index (χ2v) is 6.61. The zero-order chi connectivity index (χ0) is 17.5. The molecule has 0 unspecified atom stereocenters. The molecule has 134 valence electrons. The zero-order valence-corrected chi connectivity index (χ0v) is 15.3. The summed E-state index contributed by atoms with van der Waals surface area (Å²) in [6.07, 6.45) is 5.94. The van der Waals surface area contributed by atoms with Crippen LogP contribution in [0.1, 0.15) is 44.6 Å². The van der Waals surface area contributed by atoms with Crippen molar-refractivity contribution in [3.63, 3.8) is 0 Å². The molecule has 1 aromatic rings. The molecular weight excluding hydrogens is 304 g/mol. The number of amides is 1. The summed E-state index contributed by atoms with van der Waals surface area (Å²) in [6, 6.07) is 5.94. The summed E-state index contributed by atoms with van der Waals surface area (Å²) in [6.45, 7) is 2.60. The number of likely N-dealkylation sites (N-methyl/N-ethyl adjacent to an activating group) is 1. The normalized spacial score (nSPS) is 16.7. The first-order valence-electron chi connectivity index (χ1n) is 8.76. The molecule has 1 aliphatic rings. The predicted octanol–water partition coefficient (Wildman–Crippen LogP) is 2.97. The molecule has 0 spiro atoms. The average Bonchev–Trinajstić information content (AvgIpc) is 2.62. The molecule has 1 aromatic carbocycles. The van der Waals surface area contributed by atoms with Crippen LogP contribution in [0.15, 0.2) is 18.2 Å². The molecule has 0 radical (unpaired) electrons. The molecule has 1 atom stereocenters. The highest BCUT2D eigenvalue weighted by atomic mass is 16.5. The Bertz CT molecular complexity index is 541. The first-order valence-corrected chi connectivity index (χ1v) is 8.76. The number of methoxy groups -OCH3 is 2. The van der Waals surface area contributed by atoms with Crippen molar-refractivity contribution in [2.24, 2.45) is 0 Å². The largest absolute Gasteiger partial charge is 0.497 e. The van der Waals surface area contributed by atoms with Crippen LogP contribution in [0.25, 0.3) is 0 Å². The van der Waals surface area contributed by atoms with E-state index in [1.807, 2.05) is 37.1 Å². The Kier molecular flexibility index (Phi) is 6.91. The second-order valence-electron chi connectivity index (χ2n) is 6.61. The van der Waals surface area contributed by atoms with Gasteiger partial charge in [0.2, 0.25) is 5.91 Å². The van der Waals surface area contributed by atoms with Gasteiger partial charge in [0, 0.05) is 24.2 Å². The van der Waals surface area contributed by atoms with Crippen molar-refractivity contribution >= 4 is 5.91 Å². The van der Waals surface area contributed by atoms with Crippen LogP contribution in [0.3, 0.4) is 0 Å². The van der Waals surface area contributed by atoms with Crippen molar-refractivity contribution in [1.29, 1.82) is 0 Å². The Hall–Kier alpha value is -1.75. The summed E-state index contributed by atoms with van der Waals surface area (Å²) in [4.78, 5) is 14.5. The maximum atomic E-state index is 12.5. The van der Waals surface area contributed by atoms with E-state index in [1.54, 1.807) is 14.2 Å². The van der Waals surface area contributed by atoms with E-state index in [-0.39, 0.29) is 11.9 Å². The zero-order valence-electron chi connectivity index (χ0n) is 15.3. The minimum Gasteiger partial charge on any atom is -0.497 e. The molecule has 0 aliphatic heterocycles. The molecule has 1 amide bonds. The molecule has 0 aromatic heterocycles. The fourth-order valence-corrected chi connectivity index (χ4v) is 3.16. The third-order valence-corrected chi connectivity index (χ3v) is 4.91. The van der Waals surface area contributed by atoms with Gasteiger partial charge in [-0.05, 0) is 32.9 Å². The lowest BCUT2D eigenvalue weighted by atomic mass is 9.95. The van der Waals surface area contributed by atoms with Crippen molar-refractivity contribution in [2.75, 3.05) is 21.3 Å². The number of ether oxygens (including phenoxy) is 2. The number of rotatable bonds is 7. The van der Waals surface area contributed by atoms with Gasteiger partial charge in [0.05, 0.1) is 20.3 Å². The lowest BCUT2D eigenvalue weighted by molar-refractivity contribution is -0.126. The smallest absolute Gasteiger partial charge is 0.237 e. The van der Waals surface area contributed by atoms with Crippen molar-refractivity contribution in [1.82, 2.24) is 10.2 Å². The summed E-state index contributed by atoms with van der Waals surface area (Å²) >= 11 is 0. The summed E-state index contributed by atoms with van der Waals surface area (Å²) in [5.41, 5.74) is 1.04. The lowest BCUT2D eigenvalue weighted by Crippen LogP contribution is -2.47. The molecular formula is C19H30N2O3. The highest BCUT2D eigenvalue weighted by Crippen LogP contribution is 2.26.